The van der Waals surface area contributed by atoms with Crippen molar-refractivity contribution in [1.82, 2.24) is 19.6 Å². The van der Waals surface area contributed by atoms with E-state index in [1.54, 1.807) is 53.7 Å². The molecule has 0 spiro atoms. The maximum Gasteiger partial charge on any atom is 0.277 e. The summed E-state index contributed by atoms with van der Waals surface area (Å²) in [7, 11) is -0.355. The van der Waals surface area contributed by atoms with Crippen LogP contribution in [-0.2, 0) is 21.4 Å². The minimum absolute atomic E-state index is 0.0931. The average Bonchev–Trinajstić information content (AvgIpc) is 3.57. The fraction of sp³-hybridized carbons (Fsp3) is 0.269. The predicted octanol–water partition coefficient (Wildman–Crippen LogP) is 3.56. The van der Waals surface area contributed by atoms with Gasteiger partial charge in [-0.15, -0.1) is 0 Å². The number of halogens is 1. The Bertz CT molecular complexity index is 1520. The minimum atomic E-state index is -4.02. The molecule has 2 aromatic carbocycles. The Balaban J connectivity index is 1.31. The molecule has 1 N–H and O–H groups in total. The Morgan fingerprint density at radius 1 is 1.14 bits per heavy atom. The van der Waals surface area contributed by atoms with Crippen LogP contribution in [0.1, 0.15) is 18.4 Å². The first kappa shape index (κ1) is 24.8. The van der Waals surface area contributed by atoms with Crippen molar-refractivity contribution in [3.63, 3.8) is 0 Å². The number of carbonyl (C=O) groups is 1. The number of hydrogen-bond acceptors (Lipinski definition) is 7. The van der Waals surface area contributed by atoms with Gasteiger partial charge in [-0.3, -0.25) is 4.79 Å². The number of furan rings is 1. The lowest BCUT2D eigenvalue weighted by Gasteiger charge is -2.22. The van der Waals surface area contributed by atoms with Gasteiger partial charge >= 0.3 is 0 Å². The number of carbonyl (C=O) groups excluding carboxylic acids is 1. The minimum Gasteiger partial charge on any atom is -0.443 e. The van der Waals surface area contributed by atoms with Crippen LogP contribution < -0.4 is 10.2 Å². The summed E-state index contributed by atoms with van der Waals surface area (Å²) in [6.45, 7) is 0.106. The Kier molecular flexibility index (Phi) is 6.65. The van der Waals surface area contributed by atoms with Gasteiger partial charge in [0.15, 0.2) is 0 Å². The normalized spacial score (nSPS) is 16.2. The van der Waals surface area contributed by atoms with E-state index in [4.69, 9.17) is 4.42 Å². The van der Waals surface area contributed by atoms with Crippen molar-refractivity contribution in [2.45, 2.75) is 30.5 Å². The van der Waals surface area contributed by atoms with Crippen molar-refractivity contribution in [2.75, 3.05) is 25.5 Å². The van der Waals surface area contributed by atoms with Crippen LogP contribution >= 0.6 is 0 Å². The van der Waals surface area contributed by atoms with Crippen LogP contribution in [0, 0.1) is 5.82 Å². The van der Waals surface area contributed by atoms with E-state index in [0.29, 0.717) is 40.9 Å². The number of para-hydroxylation sites is 1. The van der Waals surface area contributed by atoms with Crippen LogP contribution in [-0.4, -0.2) is 55.3 Å². The highest BCUT2D eigenvalue weighted by molar-refractivity contribution is 7.89. The molecule has 3 heterocycles. The number of nitrogens with zero attached hydrogens (tertiary/aromatic N) is 4. The number of sulfonamides is 1. The van der Waals surface area contributed by atoms with Gasteiger partial charge in [0.05, 0.1) is 0 Å². The highest BCUT2D eigenvalue weighted by Gasteiger charge is 2.41. The molecule has 0 aliphatic carbocycles. The number of fused-ring (bicyclic) bond motifs is 1. The molecule has 9 nitrogen and oxygen atoms in total. The Morgan fingerprint density at radius 2 is 1.89 bits per heavy atom. The summed E-state index contributed by atoms with van der Waals surface area (Å²) in [5, 5.41) is 3.18. The second-order valence-corrected chi connectivity index (χ2v) is 10.9. The molecule has 1 fully saturated rings. The molecule has 0 radical (unpaired) electrons. The highest BCUT2D eigenvalue weighted by Crippen LogP contribution is 2.30. The van der Waals surface area contributed by atoms with Crippen LogP contribution in [0.25, 0.3) is 22.1 Å². The van der Waals surface area contributed by atoms with E-state index in [0.717, 1.165) is 4.31 Å². The summed E-state index contributed by atoms with van der Waals surface area (Å²) < 4.78 is 47.9. The van der Waals surface area contributed by atoms with Gasteiger partial charge in [-0.25, -0.2) is 22.8 Å². The Morgan fingerprint density at radius 3 is 2.62 bits per heavy atom. The van der Waals surface area contributed by atoms with Crippen LogP contribution in [0.15, 0.2) is 70.4 Å². The van der Waals surface area contributed by atoms with Crippen LogP contribution in [0.3, 0.4) is 0 Å². The lowest BCUT2D eigenvalue weighted by Crippen LogP contribution is -2.45. The maximum atomic E-state index is 14.6. The van der Waals surface area contributed by atoms with E-state index in [-0.39, 0.29) is 23.7 Å². The number of hydrogen-bond donors (Lipinski definition) is 1. The van der Waals surface area contributed by atoms with Gasteiger partial charge in [0.25, 0.3) is 10.0 Å². The second kappa shape index (κ2) is 9.91. The molecule has 1 aliphatic heterocycles. The fourth-order valence-electron chi connectivity index (χ4n) is 4.38. The topological polar surface area (TPSA) is 109 Å². The van der Waals surface area contributed by atoms with E-state index < -0.39 is 27.8 Å². The SMILES string of the molecule is CN(C)c1ncc(-c2ccc(F)c(CNC(=O)[C@@H]3CCCN3S(=O)(=O)c3cc4ccccc4o3)c2)cn1. The summed E-state index contributed by atoms with van der Waals surface area (Å²) in [4.78, 5) is 23.4. The highest BCUT2D eigenvalue weighted by atomic mass is 32.2. The van der Waals surface area contributed by atoms with Crippen LogP contribution in [0.2, 0.25) is 0 Å². The van der Waals surface area contributed by atoms with E-state index in [9.17, 15) is 17.6 Å². The molecule has 1 atom stereocenters. The van der Waals surface area contributed by atoms with E-state index in [1.807, 2.05) is 14.1 Å². The van der Waals surface area contributed by atoms with Crippen molar-refractivity contribution in [3.8, 4) is 11.1 Å². The molecule has 192 valence electrons. The standard InChI is InChI=1S/C26H26FN5O4S/c1-31(2)26-29-15-20(16-30-26)17-9-10-21(27)19(12-17)14-28-25(33)22-7-5-11-32(22)37(34,35)24-13-18-6-3-4-8-23(18)36-24/h3-4,6,8-10,12-13,15-16,22H,5,7,11,14H2,1-2H3,(H,28,33)/t22-/m0/s1. The van der Waals surface area contributed by atoms with Gasteiger partial charge in [0, 0.05) is 62.2 Å². The zero-order valence-electron chi connectivity index (χ0n) is 20.4. The smallest absolute Gasteiger partial charge is 0.277 e. The molecule has 1 aliphatic rings. The molecule has 0 bridgehead atoms. The third-order valence-corrected chi connectivity index (χ3v) is 8.11. The zero-order valence-corrected chi connectivity index (χ0v) is 21.2. The largest absolute Gasteiger partial charge is 0.443 e. The molecular weight excluding hydrogens is 497 g/mol. The molecule has 5 rings (SSSR count). The summed E-state index contributed by atoms with van der Waals surface area (Å²) >= 11 is 0. The molecule has 37 heavy (non-hydrogen) atoms. The van der Waals surface area contributed by atoms with Crippen molar-refractivity contribution < 1.29 is 22.0 Å². The molecule has 1 amide bonds. The first-order chi connectivity index (χ1) is 17.7. The van der Waals surface area contributed by atoms with E-state index in [1.165, 1.54) is 12.1 Å². The molecule has 1 saturated heterocycles. The molecule has 4 aromatic rings. The second-order valence-electron chi connectivity index (χ2n) is 9.07. The maximum absolute atomic E-state index is 14.6. The van der Waals surface area contributed by atoms with Gasteiger partial charge in [0.2, 0.25) is 16.9 Å². The first-order valence-corrected chi connectivity index (χ1v) is 13.2. The lowest BCUT2D eigenvalue weighted by molar-refractivity contribution is -0.124. The monoisotopic (exact) mass is 523 g/mol. The Labute approximate surface area is 214 Å². The predicted molar refractivity (Wildman–Crippen MR) is 137 cm³/mol. The molecule has 0 unspecified atom stereocenters. The fourth-order valence-corrected chi connectivity index (χ4v) is 5.99. The molecular formula is C26H26FN5O4S. The number of nitrogens with one attached hydrogen (secondary N) is 1. The summed E-state index contributed by atoms with van der Waals surface area (Å²) in [6, 6.07) is 12.1. The number of amides is 1. The lowest BCUT2D eigenvalue weighted by atomic mass is 10.1. The summed E-state index contributed by atoms with van der Waals surface area (Å²) in [6.07, 6.45) is 4.20. The van der Waals surface area contributed by atoms with Gasteiger partial charge in [0.1, 0.15) is 17.4 Å². The van der Waals surface area contributed by atoms with Gasteiger partial charge in [-0.05, 0) is 36.6 Å². The third kappa shape index (κ3) is 4.92. The Hall–Kier alpha value is -3.83. The van der Waals surface area contributed by atoms with Gasteiger partial charge in [-0.1, -0.05) is 24.3 Å². The van der Waals surface area contributed by atoms with Crippen LogP contribution in [0.4, 0.5) is 10.3 Å². The van der Waals surface area contributed by atoms with Gasteiger partial charge < -0.3 is 14.6 Å². The van der Waals surface area contributed by atoms with Crippen molar-refractivity contribution in [2.24, 2.45) is 0 Å². The molecule has 11 heteroatoms. The van der Waals surface area contributed by atoms with Crippen molar-refractivity contribution >= 4 is 32.8 Å². The van der Waals surface area contributed by atoms with Gasteiger partial charge in [-0.2, -0.15) is 4.31 Å². The van der Waals surface area contributed by atoms with E-state index in [2.05, 4.69) is 15.3 Å². The average molecular weight is 524 g/mol. The summed E-state index contributed by atoms with van der Waals surface area (Å²) in [5.74, 6) is -0.411. The quantitative estimate of drug-likeness (QED) is 0.395. The first-order valence-electron chi connectivity index (χ1n) is 11.8. The van der Waals surface area contributed by atoms with Crippen molar-refractivity contribution in [1.29, 1.82) is 0 Å². The van der Waals surface area contributed by atoms with E-state index >= 15 is 0 Å². The molecule has 2 aromatic heterocycles. The van der Waals surface area contributed by atoms with Crippen LogP contribution in [0.5, 0.6) is 0 Å². The number of benzene rings is 2. The zero-order chi connectivity index (χ0) is 26.2. The number of anilines is 1. The van der Waals surface area contributed by atoms with Crippen molar-refractivity contribution in [3.05, 3.63) is 72.3 Å². The summed E-state index contributed by atoms with van der Waals surface area (Å²) in [5.41, 5.74) is 2.13. The number of aromatic nitrogens is 2. The number of rotatable bonds is 7. The third-order valence-electron chi connectivity index (χ3n) is 6.34. The molecule has 0 saturated carbocycles.